The molecule has 4 aromatic carbocycles. The van der Waals surface area contributed by atoms with Crippen LogP contribution in [-0.4, -0.2) is 33.7 Å². The van der Waals surface area contributed by atoms with Crippen LogP contribution in [-0.2, 0) is 9.59 Å². The van der Waals surface area contributed by atoms with E-state index in [1.165, 1.54) is 30.2 Å². The summed E-state index contributed by atoms with van der Waals surface area (Å²) in [7, 11) is 0. The molecule has 1 N–H and O–H groups in total. The Hall–Kier alpha value is -3.90. The molecule has 0 spiro atoms. The number of nitrogens with zero attached hydrogens (tertiary/aromatic N) is 2. The van der Waals surface area contributed by atoms with Gasteiger partial charge in [-0.25, -0.2) is 4.99 Å². The van der Waals surface area contributed by atoms with Crippen molar-refractivity contribution in [2.24, 2.45) is 4.99 Å². The molecule has 0 saturated carbocycles. The molecule has 6 heteroatoms. The van der Waals surface area contributed by atoms with Crippen molar-refractivity contribution in [3.63, 3.8) is 0 Å². The average Bonchev–Trinajstić information content (AvgIpc) is 3.25. The molecular weight excluding hydrogens is 502 g/mol. The molecule has 39 heavy (non-hydrogen) atoms. The normalized spacial score (nSPS) is 18.6. The van der Waals surface area contributed by atoms with Gasteiger partial charge in [-0.3, -0.25) is 14.5 Å². The van der Waals surface area contributed by atoms with Crippen LogP contribution < -0.4 is 5.32 Å². The predicted octanol–water partition coefficient (Wildman–Crippen LogP) is 7.84. The van der Waals surface area contributed by atoms with Gasteiger partial charge in [-0.05, 0) is 66.5 Å². The first-order valence-electron chi connectivity index (χ1n) is 13.6. The van der Waals surface area contributed by atoms with Crippen LogP contribution in [0.2, 0.25) is 0 Å². The van der Waals surface area contributed by atoms with E-state index in [1.807, 2.05) is 66.7 Å². The van der Waals surface area contributed by atoms with Crippen molar-refractivity contribution in [1.29, 1.82) is 0 Å². The maximum Gasteiger partial charge on any atom is 0.242 e. The zero-order valence-corrected chi connectivity index (χ0v) is 22.6. The number of anilines is 1. The molecule has 1 fully saturated rings. The average molecular weight is 534 g/mol. The minimum Gasteiger partial charge on any atom is -0.326 e. The van der Waals surface area contributed by atoms with Gasteiger partial charge in [-0.2, -0.15) is 0 Å². The lowest BCUT2D eigenvalue weighted by Crippen LogP contribution is -2.34. The maximum atomic E-state index is 13.6. The van der Waals surface area contributed by atoms with Crippen LogP contribution in [0.1, 0.15) is 38.5 Å². The van der Waals surface area contributed by atoms with E-state index in [1.54, 1.807) is 4.90 Å². The lowest BCUT2D eigenvalue weighted by Gasteiger charge is -2.19. The predicted molar refractivity (Wildman–Crippen MR) is 162 cm³/mol. The van der Waals surface area contributed by atoms with Gasteiger partial charge in [0.15, 0.2) is 5.17 Å². The fourth-order valence-electron chi connectivity index (χ4n) is 5.37. The van der Waals surface area contributed by atoms with Gasteiger partial charge in [0.2, 0.25) is 11.8 Å². The number of amides is 2. The summed E-state index contributed by atoms with van der Waals surface area (Å²) in [6.45, 7) is 0.587. The van der Waals surface area contributed by atoms with Gasteiger partial charge in [-0.1, -0.05) is 90.1 Å². The summed E-state index contributed by atoms with van der Waals surface area (Å²) in [6, 6.07) is 28.1. The monoisotopic (exact) mass is 533 g/mol. The molecule has 1 aliphatic carbocycles. The smallest absolute Gasteiger partial charge is 0.242 e. The molecule has 2 aliphatic rings. The summed E-state index contributed by atoms with van der Waals surface area (Å²) in [5.74, 6) is -0.207. The Morgan fingerprint density at radius 2 is 1.72 bits per heavy atom. The molecule has 196 valence electrons. The van der Waals surface area contributed by atoms with Crippen molar-refractivity contribution in [1.82, 2.24) is 4.90 Å². The Morgan fingerprint density at radius 1 is 0.923 bits per heavy atom. The molecule has 1 unspecified atom stereocenters. The molecule has 6 rings (SSSR count). The van der Waals surface area contributed by atoms with Crippen molar-refractivity contribution in [3.05, 3.63) is 96.6 Å². The van der Waals surface area contributed by atoms with Gasteiger partial charge >= 0.3 is 0 Å². The van der Waals surface area contributed by atoms with Crippen LogP contribution in [0.3, 0.4) is 0 Å². The summed E-state index contributed by atoms with van der Waals surface area (Å²) < 4.78 is 0. The Morgan fingerprint density at radius 3 is 2.56 bits per heavy atom. The Balaban J connectivity index is 1.23. The number of rotatable bonds is 7. The number of amidine groups is 1. The van der Waals surface area contributed by atoms with Crippen molar-refractivity contribution >= 4 is 61.7 Å². The molecule has 4 aromatic rings. The van der Waals surface area contributed by atoms with Crippen LogP contribution in [0.15, 0.2) is 102 Å². The van der Waals surface area contributed by atoms with E-state index in [0.29, 0.717) is 11.7 Å². The highest BCUT2D eigenvalue weighted by Crippen LogP contribution is 2.35. The standard InChI is InChI=1S/C33H31N3O2S/c37-31(34-27-18-17-24-11-4-5-13-26(24)21-27)22-30-32(38)36(20-19-23-9-2-1-3-10-23)33(39-30)35-29-16-8-14-25-12-6-7-15-28(25)29/h4-9,11-18,21,30H,1-3,10,19-20,22H2,(H,34,37). The number of fused-ring (bicyclic) bond motifs is 2. The van der Waals surface area contributed by atoms with Gasteiger partial charge in [0, 0.05) is 24.0 Å². The topological polar surface area (TPSA) is 61.8 Å². The summed E-state index contributed by atoms with van der Waals surface area (Å²) in [5, 5.41) is 7.52. The molecule has 5 nitrogen and oxygen atoms in total. The number of hydrogen-bond acceptors (Lipinski definition) is 4. The second kappa shape index (κ2) is 11.5. The van der Waals surface area contributed by atoms with Crippen LogP contribution >= 0.6 is 11.8 Å². The highest BCUT2D eigenvalue weighted by atomic mass is 32.2. The molecule has 1 heterocycles. The van der Waals surface area contributed by atoms with Crippen LogP contribution in [0.5, 0.6) is 0 Å². The SMILES string of the molecule is O=C(CC1SC(=Nc2cccc3ccccc23)N(CCC2=CCCCC2)C1=O)Nc1ccc2ccccc2c1. The first kappa shape index (κ1) is 25.4. The summed E-state index contributed by atoms with van der Waals surface area (Å²) >= 11 is 1.40. The quantitative estimate of drug-likeness (QED) is 0.246. The number of thioether (sulfide) groups is 1. The summed E-state index contributed by atoms with van der Waals surface area (Å²) in [6.07, 6.45) is 7.94. The fourth-order valence-corrected chi connectivity index (χ4v) is 6.55. The van der Waals surface area contributed by atoms with Gasteiger partial charge < -0.3 is 5.32 Å². The summed E-state index contributed by atoms with van der Waals surface area (Å²) in [5.41, 5.74) is 2.99. The van der Waals surface area contributed by atoms with Crippen molar-refractivity contribution in [2.45, 2.75) is 43.8 Å². The van der Waals surface area contributed by atoms with E-state index in [0.717, 1.165) is 52.2 Å². The molecule has 0 radical (unpaired) electrons. The Kier molecular flexibility index (Phi) is 7.46. The molecule has 0 bridgehead atoms. The highest BCUT2D eigenvalue weighted by molar-refractivity contribution is 8.15. The van der Waals surface area contributed by atoms with Gasteiger partial charge in [0.05, 0.1) is 5.69 Å². The molecular formula is C33H31N3O2S. The van der Waals surface area contributed by atoms with E-state index < -0.39 is 5.25 Å². The zero-order valence-electron chi connectivity index (χ0n) is 21.8. The van der Waals surface area contributed by atoms with Crippen molar-refractivity contribution in [3.8, 4) is 0 Å². The van der Waals surface area contributed by atoms with Gasteiger partial charge in [0.25, 0.3) is 0 Å². The maximum absolute atomic E-state index is 13.6. The number of carbonyl (C=O) groups is 2. The molecule has 2 amide bonds. The van der Waals surface area contributed by atoms with Crippen LogP contribution in [0, 0.1) is 0 Å². The number of nitrogens with one attached hydrogen (secondary N) is 1. The third kappa shape index (κ3) is 5.76. The largest absolute Gasteiger partial charge is 0.326 e. The Labute approximate surface area is 233 Å². The lowest BCUT2D eigenvalue weighted by molar-refractivity contribution is -0.128. The molecule has 1 aliphatic heterocycles. The van der Waals surface area contributed by atoms with E-state index in [2.05, 4.69) is 29.6 Å². The van der Waals surface area contributed by atoms with Crippen molar-refractivity contribution < 1.29 is 9.59 Å². The summed E-state index contributed by atoms with van der Waals surface area (Å²) in [4.78, 5) is 33.5. The fraction of sp³-hybridized carbons (Fsp3) is 0.242. The van der Waals surface area contributed by atoms with Crippen LogP contribution in [0.4, 0.5) is 11.4 Å². The van der Waals surface area contributed by atoms with Gasteiger partial charge in [-0.15, -0.1) is 0 Å². The number of aliphatic imine (C=N–C) groups is 1. The second-order valence-electron chi connectivity index (χ2n) is 10.2. The lowest BCUT2D eigenvalue weighted by atomic mass is 9.97. The third-order valence-corrected chi connectivity index (χ3v) is 8.62. The van der Waals surface area contributed by atoms with E-state index >= 15 is 0 Å². The Bertz CT molecular complexity index is 1600. The molecule has 0 aromatic heterocycles. The van der Waals surface area contributed by atoms with E-state index in [-0.39, 0.29) is 18.2 Å². The van der Waals surface area contributed by atoms with Gasteiger partial charge in [0.1, 0.15) is 5.25 Å². The van der Waals surface area contributed by atoms with E-state index in [4.69, 9.17) is 4.99 Å². The number of carbonyl (C=O) groups excluding carboxylic acids is 2. The number of benzene rings is 4. The zero-order chi connectivity index (χ0) is 26.6. The third-order valence-electron chi connectivity index (χ3n) is 7.45. The molecule has 1 atom stereocenters. The minimum absolute atomic E-state index is 0.0379. The number of hydrogen-bond donors (Lipinski definition) is 1. The minimum atomic E-state index is -0.500. The number of allylic oxidation sites excluding steroid dienone is 1. The van der Waals surface area contributed by atoms with Crippen molar-refractivity contribution in [2.75, 3.05) is 11.9 Å². The van der Waals surface area contributed by atoms with E-state index in [9.17, 15) is 9.59 Å². The highest BCUT2D eigenvalue weighted by Gasteiger charge is 2.39. The van der Waals surface area contributed by atoms with Crippen LogP contribution in [0.25, 0.3) is 21.5 Å². The second-order valence-corrected chi connectivity index (χ2v) is 11.3. The first-order valence-corrected chi connectivity index (χ1v) is 14.5. The first-order chi connectivity index (χ1) is 19.1. The molecule has 1 saturated heterocycles.